The van der Waals surface area contributed by atoms with Crippen molar-refractivity contribution in [3.63, 3.8) is 0 Å². The number of halogens is 2. The van der Waals surface area contributed by atoms with Gasteiger partial charge in [-0.2, -0.15) is 0 Å². The van der Waals surface area contributed by atoms with E-state index in [4.69, 9.17) is 32.4 Å². The highest BCUT2D eigenvalue weighted by Crippen LogP contribution is 2.24. The normalized spacial score (nSPS) is 10.6. The van der Waals surface area contributed by atoms with Crippen molar-refractivity contribution < 1.29 is 9.15 Å². The maximum atomic E-state index is 5.91. The average Bonchev–Trinajstić information content (AvgIpc) is 2.96. The summed E-state index contributed by atoms with van der Waals surface area (Å²) < 4.78 is 11.2. The largest absolute Gasteiger partial charge is 0.493 e. The molecule has 0 radical (unpaired) electrons. The second-order valence-electron chi connectivity index (χ2n) is 4.57. The van der Waals surface area contributed by atoms with Gasteiger partial charge in [0, 0.05) is 15.6 Å². The van der Waals surface area contributed by atoms with Crippen molar-refractivity contribution >= 4 is 23.2 Å². The zero-order valence-electron chi connectivity index (χ0n) is 11.5. The van der Waals surface area contributed by atoms with E-state index in [1.165, 1.54) is 0 Å². The Bertz CT molecular complexity index is 740. The molecule has 2 aromatic carbocycles. The molecular weight excluding hydrogens is 323 g/mol. The third kappa shape index (κ3) is 3.78. The molecule has 0 atom stereocenters. The average molecular weight is 335 g/mol. The SMILES string of the molecule is Clc1cc(Cl)cc(OCCc2nnc(-c3ccccc3)o2)c1. The molecule has 112 valence electrons. The topological polar surface area (TPSA) is 48.2 Å². The smallest absolute Gasteiger partial charge is 0.247 e. The second kappa shape index (κ2) is 6.81. The highest BCUT2D eigenvalue weighted by molar-refractivity contribution is 6.34. The quantitative estimate of drug-likeness (QED) is 0.680. The van der Waals surface area contributed by atoms with Crippen LogP contribution in [0.5, 0.6) is 5.75 Å². The molecule has 0 aliphatic carbocycles. The number of aromatic nitrogens is 2. The van der Waals surface area contributed by atoms with Gasteiger partial charge in [-0.15, -0.1) is 10.2 Å². The fraction of sp³-hybridized carbons (Fsp3) is 0.125. The van der Waals surface area contributed by atoms with E-state index in [2.05, 4.69) is 10.2 Å². The third-order valence-electron chi connectivity index (χ3n) is 2.91. The van der Waals surface area contributed by atoms with E-state index in [0.29, 0.717) is 40.6 Å². The molecule has 1 heterocycles. The number of rotatable bonds is 5. The number of benzene rings is 2. The first kappa shape index (κ1) is 14.9. The zero-order valence-corrected chi connectivity index (χ0v) is 13.0. The molecule has 0 aliphatic heterocycles. The Balaban J connectivity index is 1.59. The van der Waals surface area contributed by atoms with Crippen LogP contribution in [0.4, 0.5) is 0 Å². The van der Waals surface area contributed by atoms with Gasteiger partial charge in [-0.3, -0.25) is 0 Å². The molecule has 0 fully saturated rings. The van der Waals surface area contributed by atoms with Gasteiger partial charge < -0.3 is 9.15 Å². The van der Waals surface area contributed by atoms with Crippen molar-refractivity contribution in [3.05, 3.63) is 64.5 Å². The molecule has 0 saturated carbocycles. The Hall–Kier alpha value is -2.04. The summed E-state index contributed by atoms with van der Waals surface area (Å²) in [6.07, 6.45) is 0.504. The molecule has 0 amide bonds. The highest BCUT2D eigenvalue weighted by Gasteiger charge is 2.08. The fourth-order valence-corrected chi connectivity index (χ4v) is 2.43. The van der Waals surface area contributed by atoms with Crippen molar-refractivity contribution in [1.82, 2.24) is 10.2 Å². The molecule has 0 N–H and O–H groups in total. The van der Waals surface area contributed by atoms with Crippen LogP contribution in [0.15, 0.2) is 52.9 Å². The van der Waals surface area contributed by atoms with Crippen molar-refractivity contribution in [2.45, 2.75) is 6.42 Å². The van der Waals surface area contributed by atoms with Gasteiger partial charge >= 0.3 is 0 Å². The Morgan fingerprint density at radius 1 is 0.955 bits per heavy atom. The number of ether oxygens (including phenoxy) is 1. The summed E-state index contributed by atoms with van der Waals surface area (Å²) >= 11 is 11.8. The molecule has 1 aromatic heterocycles. The Labute approximate surface area is 137 Å². The molecule has 6 heteroatoms. The molecule has 4 nitrogen and oxygen atoms in total. The van der Waals surface area contributed by atoms with Crippen LogP contribution in [0, 0.1) is 0 Å². The minimum absolute atomic E-state index is 0.396. The lowest BCUT2D eigenvalue weighted by Crippen LogP contribution is -2.01. The fourth-order valence-electron chi connectivity index (χ4n) is 1.92. The van der Waals surface area contributed by atoms with Crippen molar-refractivity contribution in [2.75, 3.05) is 6.61 Å². The number of nitrogens with zero attached hydrogens (tertiary/aromatic N) is 2. The lowest BCUT2D eigenvalue weighted by atomic mass is 10.2. The van der Waals surface area contributed by atoms with E-state index in [1.54, 1.807) is 18.2 Å². The standard InChI is InChI=1S/C16H12Cl2N2O2/c17-12-8-13(18)10-14(9-12)21-7-6-15-19-20-16(22-15)11-4-2-1-3-5-11/h1-5,8-10H,6-7H2. The van der Waals surface area contributed by atoms with E-state index in [1.807, 2.05) is 30.3 Å². The summed E-state index contributed by atoms with van der Waals surface area (Å²) in [5, 5.41) is 9.10. The molecule has 22 heavy (non-hydrogen) atoms. The first-order chi connectivity index (χ1) is 10.7. The predicted molar refractivity (Wildman–Crippen MR) is 85.4 cm³/mol. The van der Waals surface area contributed by atoms with E-state index < -0.39 is 0 Å². The predicted octanol–water partition coefficient (Wildman–Crippen LogP) is 4.66. The van der Waals surface area contributed by atoms with Crippen LogP contribution < -0.4 is 4.74 Å². The van der Waals surface area contributed by atoms with Crippen LogP contribution in [0.25, 0.3) is 11.5 Å². The molecule has 0 saturated heterocycles. The lowest BCUT2D eigenvalue weighted by Gasteiger charge is -2.05. The maximum absolute atomic E-state index is 5.91. The van der Waals surface area contributed by atoms with Gasteiger partial charge in [-0.1, -0.05) is 41.4 Å². The van der Waals surface area contributed by atoms with Gasteiger partial charge in [-0.05, 0) is 30.3 Å². The van der Waals surface area contributed by atoms with Crippen molar-refractivity contribution in [1.29, 1.82) is 0 Å². The minimum Gasteiger partial charge on any atom is -0.493 e. The van der Waals surface area contributed by atoms with Crippen molar-refractivity contribution in [3.8, 4) is 17.2 Å². The van der Waals surface area contributed by atoms with Crippen LogP contribution in [0.3, 0.4) is 0 Å². The first-order valence-electron chi connectivity index (χ1n) is 6.67. The molecule has 0 aliphatic rings. The molecule has 0 bridgehead atoms. The molecule has 0 unspecified atom stereocenters. The van der Waals surface area contributed by atoms with Crippen LogP contribution in [-0.2, 0) is 6.42 Å². The highest BCUT2D eigenvalue weighted by atomic mass is 35.5. The van der Waals surface area contributed by atoms with Crippen LogP contribution >= 0.6 is 23.2 Å². The summed E-state index contributed by atoms with van der Waals surface area (Å²) in [5.74, 6) is 1.63. The van der Waals surface area contributed by atoms with Crippen molar-refractivity contribution in [2.24, 2.45) is 0 Å². The van der Waals surface area contributed by atoms with Crippen LogP contribution in [0.2, 0.25) is 10.0 Å². The minimum atomic E-state index is 0.396. The monoisotopic (exact) mass is 334 g/mol. The van der Waals surface area contributed by atoms with E-state index in [0.717, 1.165) is 5.56 Å². The van der Waals surface area contributed by atoms with Gasteiger partial charge in [0.25, 0.3) is 0 Å². The Morgan fingerprint density at radius 3 is 2.41 bits per heavy atom. The van der Waals surface area contributed by atoms with Gasteiger partial charge in [0.2, 0.25) is 11.8 Å². The zero-order chi connectivity index (χ0) is 15.4. The van der Waals surface area contributed by atoms with Gasteiger partial charge in [0.1, 0.15) is 5.75 Å². The van der Waals surface area contributed by atoms with E-state index in [9.17, 15) is 0 Å². The van der Waals surface area contributed by atoms with Gasteiger partial charge in [-0.25, -0.2) is 0 Å². The lowest BCUT2D eigenvalue weighted by molar-refractivity contribution is 0.307. The van der Waals surface area contributed by atoms with Gasteiger partial charge in [0.05, 0.1) is 13.0 Å². The van der Waals surface area contributed by atoms with Crippen LogP contribution in [0.1, 0.15) is 5.89 Å². The summed E-state index contributed by atoms with van der Waals surface area (Å²) in [7, 11) is 0. The maximum Gasteiger partial charge on any atom is 0.247 e. The van der Waals surface area contributed by atoms with Crippen LogP contribution in [-0.4, -0.2) is 16.8 Å². The summed E-state index contributed by atoms with van der Waals surface area (Å²) in [4.78, 5) is 0. The molecule has 3 aromatic rings. The summed E-state index contributed by atoms with van der Waals surface area (Å²) in [6.45, 7) is 0.396. The molecule has 3 rings (SSSR count). The first-order valence-corrected chi connectivity index (χ1v) is 7.43. The summed E-state index contributed by atoms with van der Waals surface area (Å²) in [6, 6.07) is 14.7. The Kier molecular flexibility index (Phi) is 4.61. The number of hydrogen-bond acceptors (Lipinski definition) is 4. The summed E-state index contributed by atoms with van der Waals surface area (Å²) in [5.41, 5.74) is 0.892. The Morgan fingerprint density at radius 2 is 1.68 bits per heavy atom. The van der Waals surface area contributed by atoms with E-state index >= 15 is 0 Å². The molecular formula is C16H12Cl2N2O2. The third-order valence-corrected chi connectivity index (χ3v) is 3.34. The van der Waals surface area contributed by atoms with Gasteiger partial charge in [0.15, 0.2) is 0 Å². The molecule has 0 spiro atoms. The van der Waals surface area contributed by atoms with E-state index in [-0.39, 0.29) is 0 Å². The second-order valence-corrected chi connectivity index (χ2v) is 5.44. The number of hydrogen-bond donors (Lipinski definition) is 0.